The first kappa shape index (κ1) is 15.0. The van der Waals surface area contributed by atoms with E-state index in [-0.39, 0.29) is 0 Å². The number of hydrogen-bond donors (Lipinski definition) is 0. The molecule has 0 spiro atoms. The SMILES string of the molecule is CCCCC(C=C(C)C)S(=O)(=O)c1ccccc1. The molecule has 3 heteroatoms. The van der Waals surface area contributed by atoms with E-state index in [2.05, 4.69) is 6.92 Å². The Morgan fingerprint density at radius 2 is 1.83 bits per heavy atom. The van der Waals surface area contributed by atoms with Crippen LogP contribution < -0.4 is 0 Å². The predicted molar refractivity (Wildman–Crippen MR) is 76.4 cm³/mol. The number of rotatable bonds is 6. The van der Waals surface area contributed by atoms with Crippen molar-refractivity contribution in [2.75, 3.05) is 0 Å². The minimum Gasteiger partial charge on any atom is -0.223 e. The second-order valence-electron chi connectivity index (χ2n) is 4.78. The second kappa shape index (κ2) is 6.74. The lowest BCUT2D eigenvalue weighted by atomic mass is 10.1. The Morgan fingerprint density at radius 3 is 2.33 bits per heavy atom. The topological polar surface area (TPSA) is 34.1 Å². The first-order chi connectivity index (χ1) is 8.48. The summed E-state index contributed by atoms with van der Waals surface area (Å²) < 4.78 is 25.1. The monoisotopic (exact) mass is 266 g/mol. The van der Waals surface area contributed by atoms with Gasteiger partial charge in [-0.05, 0) is 32.4 Å². The van der Waals surface area contributed by atoms with Gasteiger partial charge in [0, 0.05) is 0 Å². The van der Waals surface area contributed by atoms with Crippen LogP contribution >= 0.6 is 0 Å². The molecule has 0 saturated carbocycles. The zero-order valence-electron chi connectivity index (χ0n) is 11.4. The summed E-state index contributed by atoms with van der Waals surface area (Å²) >= 11 is 0. The first-order valence-electron chi connectivity index (χ1n) is 6.42. The minimum atomic E-state index is -3.24. The van der Waals surface area contributed by atoms with Crippen molar-refractivity contribution < 1.29 is 8.42 Å². The summed E-state index contributed by atoms with van der Waals surface area (Å²) in [6.07, 6.45) is 4.51. The van der Waals surface area contributed by atoms with Crippen molar-refractivity contribution in [3.8, 4) is 0 Å². The Hall–Kier alpha value is -1.09. The second-order valence-corrected chi connectivity index (χ2v) is 6.95. The average molecular weight is 266 g/mol. The molecule has 0 radical (unpaired) electrons. The molecule has 1 rings (SSSR count). The lowest BCUT2D eigenvalue weighted by Crippen LogP contribution is -2.19. The molecule has 1 atom stereocenters. The van der Waals surface area contributed by atoms with E-state index in [4.69, 9.17) is 0 Å². The van der Waals surface area contributed by atoms with Gasteiger partial charge in [-0.25, -0.2) is 8.42 Å². The van der Waals surface area contributed by atoms with Crippen LogP contribution in [0.25, 0.3) is 0 Å². The van der Waals surface area contributed by atoms with Crippen molar-refractivity contribution in [3.63, 3.8) is 0 Å². The largest absolute Gasteiger partial charge is 0.223 e. The smallest absolute Gasteiger partial charge is 0.184 e. The van der Waals surface area contributed by atoms with Crippen molar-refractivity contribution in [1.29, 1.82) is 0 Å². The first-order valence-corrected chi connectivity index (χ1v) is 7.97. The zero-order valence-corrected chi connectivity index (χ0v) is 12.2. The van der Waals surface area contributed by atoms with Gasteiger partial charge in [0.2, 0.25) is 0 Å². The van der Waals surface area contributed by atoms with Crippen LogP contribution in [-0.2, 0) is 9.84 Å². The molecule has 0 aliphatic carbocycles. The van der Waals surface area contributed by atoms with Crippen LogP contribution in [0.1, 0.15) is 40.0 Å². The summed E-state index contributed by atoms with van der Waals surface area (Å²) in [7, 11) is -3.24. The van der Waals surface area contributed by atoms with Gasteiger partial charge in [-0.15, -0.1) is 0 Å². The molecule has 100 valence electrons. The van der Waals surface area contributed by atoms with Gasteiger partial charge in [-0.1, -0.05) is 49.6 Å². The molecular weight excluding hydrogens is 244 g/mol. The average Bonchev–Trinajstić information content (AvgIpc) is 2.35. The lowest BCUT2D eigenvalue weighted by Gasteiger charge is -2.14. The van der Waals surface area contributed by atoms with Gasteiger partial charge in [0.15, 0.2) is 9.84 Å². The van der Waals surface area contributed by atoms with E-state index in [0.717, 1.165) is 18.4 Å². The Bertz CT molecular complexity index is 482. The van der Waals surface area contributed by atoms with Gasteiger partial charge in [0.25, 0.3) is 0 Å². The van der Waals surface area contributed by atoms with Crippen LogP contribution in [-0.4, -0.2) is 13.7 Å². The summed E-state index contributed by atoms with van der Waals surface area (Å²) in [6.45, 7) is 5.97. The Morgan fingerprint density at radius 1 is 1.22 bits per heavy atom. The molecule has 1 aromatic carbocycles. The van der Waals surface area contributed by atoms with Crippen LogP contribution in [0.5, 0.6) is 0 Å². The standard InChI is InChI=1S/C15H22O2S/c1-4-5-9-15(12-13(2)3)18(16,17)14-10-7-6-8-11-14/h6-8,10-12,15H,4-5,9H2,1-3H3. The summed E-state index contributed by atoms with van der Waals surface area (Å²) in [5, 5.41) is -0.398. The number of allylic oxidation sites excluding steroid dienone is 1. The summed E-state index contributed by atoms with van der Waals surface area (Å²) in [4.78, 5) is 0.420. The van der Waals surface area contributed by atoms with Crippen LogP contribution in [0.2, 0.25) is 0 Å². The third-order valence-corrected chi connectivity index (χ3v) is 4.93. The van der Waals surface area contributed by atoms with Gasteiger partial charge < -0.3 is 0 Å². The third-order valence-electron chi connectivity index (χ3n) is 2.83. The highest BCUT2D eigenvalue weighted by Gasteiger charge is 2.24. The predicted octanol–water partition coefficient (Wildman–Crippen LogP) is 3.99. The van der Waals surface area contributed by atoms with Crippen LogP contribution in [0.3, 0.4) is 0 Å². The van der Waals surface area contributed by atoms with Crippen molar-refractivity contribution in [2.24, 2.45) is 0 Å². The Labute approximate surface area is 111 Å². The van der Waals surface area contributed by atoms with E-state index in [1.165, 1.54) is 0 Å². The fourth-order valence-corrected chi connectivity index (χ4v) is 3.70. The molecule has 0 aromatic heterocycles. The maximum atomic E-state index is 12.5. The summed E-state index contributed by atoms with van der Waals surface area (Å²) in [5.41, 5.74) is 1.05. The minimum absolute atomic E-state index is 0.398. The maximum Gasteiger partial charge on any atom is 0.184 e. The van der Waals surface area contributed by atoms with Crippen LogP contribution in [0.15, 0.2) is 46.9 Å². The van der Waals surface area contributed by atoms with E-state index in [0.29, 0.717) is 11.3 Å². The van der Waals surface area contributed by atoms with Crippen molar-refractivity contribution in [2.45, 2.75) is 50.2 Å². The molecule has 0 aliphatic heterocycles. The molecular formula is C15H22O2S. The summed E-state index contributed by atoms with van der Waals surface area (Å²) in [5.74, 6) is 0. The van der Waals surface area contributed by atoms with Crippen molar-refractivity contribution in [3.05, 3.63) is 42.0 Å². The molecule has 1 aromatic rings. The van der Waals surface area contributed by atoms with E-state index >= 15 is 0 Å². The molecule has 0 N–H and O–H groups in total. The van der Waals surface area contributed by atoms with Crippen LogP contribution in [0.4, 0.5) is 0 Å². The van der Waals surface area contributed by atoms with E-state index < -0.39 is 15.1 Å². The number of hydrogen-bond acceptors (Lipinski definition) is 2. The van der Waals surface area contributed by atoms with Crippen molar-refractivity contribution >= 4 is 9.84 Å². The molecule has 1 unspecified atom stereocenters. The molecule has 0 saturated heterocycles. The highest BCUT2D eigenvalue weighted by atomic mass is 32.2. The van der Waals surface area contributed by atoms with Gasteiger partial charge >= 0.3 is 0 Å². The molecule has 18 heavy (non-hydrogen) atoms. The Balaban J connectivity index is 3.08. The fourth-order valence-electron chi connectivity index (χ4n) is 1.89. The van der Waals surface area contributed by atoms with Gasteiger partial charge in [0.05, 0.1) is 10.1 Å². The van der Waals surface area contributed by atoms with Gasteiger partial charge in [0.1, 0.15) is 0 Å². The number of benzene rings is 1. The zero-order chi connectivity index (χ0) is 13.6. The van der Waals surface area contributed by atoms with Crippen LogP contribution in [0, 0.1) is 0 Å². The van der Waals surface area contributed by atoms with Gasteiger partial charge in [-0.3, -0.25) is 0 Å². The normalized spacial score (nSPS) is 13.1. The fraction of sp³-hybridized carbons (Fsp3) is 0.467. The molecule has 0 aliphatic rings. The molecule has 0 bridgehead atoms. The number of unbranched alkanes of at least 4 members (excludes halogenated alkanes) is 1. The highest BCUT2D eigenvalue weighted by molar-refractivity contribution is 7.92. The quantitative estimate of drug-likeness (QED) is 0.730. The maximum absolute atomic E-state index is 12.5. The molecule has 0 fully saturated rings. The summed E-state index contributed by atoms with van der Waals surface area (Å²) in [6, 6.07) is 8.72. The van der Waals surface area contributed by atoms with Crippen molar-refractivity contribution in [1.82, 2.24) is 0 Å². The van der Waals surface area contributed by atoms with E-state index in [1.807, 2.05) is 26.0 Å². The van der Waals surface area contributed by atoms with E-state index in [9.17, 15) is 8.42 Å². The number of sulfone groups is 1. The Kier molecular flexibility index (Phi) is 5.60. The highest BCUT2D eigenvalue weighted by Crippen LogP contribution is 2.22. The molecule has 2 nitrogen and oxygen atoms in total. The molecule has 0 amide bonds. The lowest BCUT2D eigenvalue weighted by molar-refractivity contribution is 0.579. The van der Waals surface area contributed by atoms with Gasteiger partial charge in [-0.2, -0.15) is 0 Å². The third kappa shape index (κ3) is 3.98. The van der Waals surface area contributed by atoms with E-state index in [1.54, 1.807) is 24.3 Å². The molecule has 0 heterocycles.